The highest BCUT2D eigenvalue weighted by Crippen LogP contribution is 2.42. The van der Waals surface area contributed by atoms with Gasteiger partial charge in [-0.2, -0.15) is 18.3 Å². The molecule has 0 bridgehead atoms. The molecule has 1 amide bonds. The number of hydrogen-bond donors (Lipinski definition) is 2. The number of hydrogen-bond acceptors (Lipinski definition) is 3. The van der Waals surface area contributed by atoms with Crippen molar-refractivity contribution in [3.63, 3.8) is 0 Å². The van der Waals surface area contributed by atoms with E-state index in [2.05, 4.69) is 31.4 Å². The largest absolute Gasteiger partial charge is 0.416 e. The predicted octanol–water partition coefficient (Wildman–Crippen LogP) is 6.56. The first-order valence-corrected chi connectivity index (χ1v) is 13.4. The Morgan fingerprint density at radius 3 is 2.27 bits per heavy atom. The van der Waals surface area contributed by atoms with E-state index in [9.17, 15) is 18.0 Å². The zero-order valence-corrected chi connectivity index (χ0v) is 22.8. The number of aromatic nitrogens is 2. The lowest BCUT2D eigenvalue weighted by Crippen LogP contribution is -2.47. The van der Waals surface area contributed by atoms with Crippen LogP contribution in [0.15, 0.2) is 36.5 Å². The maximum Gasteiger partial charge on any atom is 0.416 e. The Morgan fingerprint density at radius 2 is 1.70 bits per heavy atom. The molecule has 1 aromatic carbocycles. The summed E-state index contributed by atoms with van der Waals surface area (Å²) in [5, 5.41) is 11.4. The molecule has 1 aliphatic carbocycles. The summed E-state index contributed by atoms with van der Waals surface area (Å²) in [4.78, 5) is 13.4. The molecule has 0 spiro atoms. The van der Waals surface area contributed by atoms with Gasteiger partial charge >= 0.3 is 6.18 Å². The van der Waals surface area contributed by atoms with Crippen LogP contribution >= 0.6 is 0 Å². The minimum Gasteiger partial charge on any atom is -0.352 e. The number of benzene rings is 1. The monoisotopic (exact) mass is 518 g/mol. The first kappa shape index (κ1) is 27.7. The van der Waals surface area contributed by atoms with Gasteiger partial charge in [-0.3, -0.25) is 14.8 Å². The number of carbonyl (C=O) groups excluding carboxylic acids is 1. The first-order valence-electron chi connectivity index (χ1n) is 13.4. The first-order chi connectivity index (χ1) is 17.1. The number of nitrogens with one attached hydrogen (secondary N) is 2. The average molecular weight is 519 g/mol. The van der Waals surface area contributed by atoms with Gasteiger partial charge in [-0.05, 0) is 88.0 Å². The second kappa shape index (κ2) is 10.1. The van der Waals surface area contributed by atoms with Crippen LogP contribution in [0.3, 0.4) is 0 Å². The van der Waals surface area contributed by atoms with Crippen LogP contribution in [0.4, 0.5) is 13.2 Å². The molecule has 1 aromatic heterocycles. The molecule has 37 heavy (non-hydrogen) atoms. The number of nitrogens with zero attached hydrogens (tertiary/aromatic N) is 2. The molecule has 2 aromatic rings. The molecule has 0 radical (unpaired) electrons. The minimum absolute atomic E-state index is 0.0751. The van der Waals surface area contributed by atoms with Gasteiger partial charge in [0, 0.05) is 24.2 Å². The highest BCUT2D eigenvalue weighted by molar-refractivity contribution is 5.82. The lowest BCUT2D eigenvalue weighted by Gasteiger charge is -2.37. The summed E-state index contributed by atoms with van der Waals surface area (Å²) in [6.45, 7) is 13.0. The average Bonchev–Trinajstić information content (AvgIpc) is 3.46. The van der Waals surface area contributed by atoms with Gasteiger partial charge in [0.25, 0.3) is 0 Å². The van der Waals surface area contributed by atoms with Gasteiger partial charge in [0.05, 0.1) is 22.8 Å². The molecule has 1 saturated heterocycles. The van der Waals surface area contributed by atoms with Crippen molar-refractivity contribution in [2.24, 2.45) is 11.3 Å². The molecule has 1 aliphatic heterocycles. The van der Waals surface area contributed by atoms with E-state index >= 15 is 0 Å². The van der Waals surface area contributed by atoms with E-state index in [0.29, 0.717) is 17.9 Å². The van der Waals surface area contributed by atoms with Gasteiger partial charge in [0.15, 0.2) is 0 Å². The molecule has 2 N–H and O–H groups in total. The van der Waals surface area contributed by atoms with E-state index in [1.807, 2.05) is 37.7 Å². The van der Waals surface area contributed by atoms with Crippen molar-refractivity contribution in [2.45, 2.75) is 109 Å². The molecular formula is C29H41F3N4O. The lowest BCUT2D eigenvalue weighted by molar-refractivity contribution is -0.137. The van der Waals surface area contributed by atoms with Crippen LogP contribution in [0.2, 0.25) is 0 Å². The number of rotatable bonds is 4. The van der Waals surface area contributed by atoms with Crippen molar-refractivity contribution >= 4 is 5.91 Å². The third-order valence-corrected chi connectivity index (χ3v) is 8.14. The quantitative estimate of drug-likeness (QED) is 0.482. The number of alkyl halides is 3. The van der Waals surface area contributed by atoms with E-state index in [1.165, 1.54) is 12.1 Å². The Labute approximate surface area is 218 Å². The predicted molar refractivity (Wildman–Crippen MR) is 139 cm³/mol. The van der Waals surface area contributed by atoms with Crippen molar-refractivity contribution in [1.29, 1.82) is 0 Å². The Morgan fingerprint density at radius 1 is 1.03 bits per heavy atom. The molecule has 2 heterocycles. The number of carbonyl (C=O) groups is 1. The van der Waals surface area contributed by atoms with Gasteiger partial charge in [0.2, 0.25) is 5.91 Å². The zero-order chi connectivity index (χ0) is 27.2. The summed E-state index contributed by atoms with van der Waals surface area (Å²) < 4.78 is 42.3. The molecule has 1 saturated carbocycles. The Bertz CT molecular complexity index is 1090. The molecular weight excluding hydrogens is 477 g/mol. The van der Waals surface area contributed by atoms with E-state index in [4.69, 9.17) is 5.10 Å². The topological polar surface area (TPSA) is 59.0 Å². The van der Waals surface area contributed by atoms with Gasteiger partial charge in [-0.15, -0.1) is 0 Å². The Hall–Kier alpha value is -2.35. The number of halogens is 3. The van der Waals surface area contributed by atoms with Crippen molar-refractivity contribution in [1.82, 2.24) is 20.4 Å². The maximum absolute atomic E-state index is 13.5. The highest BCUT2D eigenvalue weighted by Gasteiger charge is 2.42. The van der Waals surface area contributed by atoms with Gasteiger partial charge in [-0.25, -0.2) is 0 Å². The van der Waals surface area contributed by atoms with Crippen LogP contribution in [0.1, 0.15) is 102 Å². The third kappa shape index (κ3) is 6.39. The fourth-order valence-electron chi connectivity index (χ4n) is 5.82. The van der Waals surface area contributed by atoms with Crippen LogP contribution < -0.4 is 10.6 Å². The lowest BCUT2D eigenvalue weighted by atomic mass is 9.71. The molecule has 0 unspecified atom stereocenters. The molecule has 2 fully saturated rings. The normalized spacial score (nSPS) is 27.3. The second-order valence-corrected chi connectivity index (χ2v) is 12.9. The van der Waals surface area contributed by atoms with Crippen LogP contribution in [0, 0.1) is 11.3 Å². The summed E-state index contributed by atoms with van der Waals surface area (Å²) in [6, 6.07) is 6.54. The third-order valence-electron chi connectivity index (χ3n) is 8.14. The molecule has 5 nitrogen and oxygen atoms in total. The summed E-state index contributed by atoms with van der Waals surface area (Å²) in [7, 11) is 0. The summed E-state index contributed by atoms with van der Waals surface area (Å²) >= 11 is 0. The molecule has 204 valence electrons. The summed E-state index contributed by atoms with van der Waals surface area (Å²) in [5.74, 6) is 0.353. The van der Waals surface area contributed by atoms with E-state index in [-0.39, 0.29) is 28.8 Å². The SMILES string of the molecule is CC(C)(C)C1CCC(NC(=O)[C@@H]2C[C@H](c3ccn(C(C)(C)C)n3)[C@H](c3cccc(C(F)(F)F)c3)N2)CC1. The van der Waals surface area contributed by atoms with E-state index < -0.39 is 23.8 Å². The van der Waals surface area contributed by atoms with E-state index in [0.717, 1.165) is 37.4 Å². The van der Waals surface area contributed by atoms with Crippen molar-refractivity contribution < 1.29 is 18.0 Å². The van der Waals surface area contributed by atoms with E-state index in [1.54, 1.807) is 6.07 Å². The Kier molecular flexibility index (Phi) is 7.54. The molecule has 2 aliphatic rings. The minimum atomic E-state index is -4.43. The van der Waals surface area contributed by atoms with Gasteiger partial charge < -0.3 is 5.32 Å². The van der Waals surface area contributed by atoms with Crippen molar-refractivity contribution in [3.05, 3.63) is 53.3 Å². The molecule has 4 rings (SSSR count). The van der Waals surface area contributed by atoms with Crippen LogP contribution in [-0.4, -0.2) is 27.8 Å². The highest BCUT2D eigenvalue weighted by atomic mass is 19.4. The Balaban J connectivity index is 1.54. The van der Waals surface area contributed by atoms with Crippen molar-refractivity contribution in [2.75, 3.05) is 0 Å². The van der Waals surface area contributed by atoms with Crippen molar-refractivity contribution in [3.8, 4) is 0 Å². The second-order valence-electron chi connectivity index (χ2n) is 12.9. The standard InChI is InChI=1S/C29H41F3N4O/c1-27(2,3)19-10-12-21(13-11-19)33-26(37)24-17-22(23-14-15-36(35-23)28(4,5)6)25(34-24)18-8-7-9-20(16-18)29(30,31)32/h7-9,14-16,19,21-22,24-25,34H,10-13,17H2,1-6H3,(H,33,37)/t19?,21?,22-,24+,25+/m1/s1. The van der Waals surface area contributed by atoms with Crippen LogP contribution in [-0.2, 0) is 16.5 Å². The number of amides is 1. The van der Waals surface area contributed by atoms with Crippen LogP contribution in [0.25, 0.3) is 0 Å². The summed E-state index contributed by atoms with van der Waals surface area (Å²) in [6.07, 6.45) is 2.04. The maximum atomic E-state index is 13.5. The fourth-order valence-corrected chi connectivity index (χ4v) is 5.82. The van der Waals surface area contributed by atoms with Gasteiger partial charge in [-0.1, -0.05) is 32.9 Å². The fraction of sp³-hybridized carbons (Fsp3) is 0.655. The smallest absolute Gasteiger partial charge is 0.352 e. The van der Waals surface area contributed by atoms with Crippen LogP contribution in [0.5, 0.6) is 0 Å². The zero-order valence-electron chi connectivity index (χ0n) is 22.8. The van der Waals surface area contributed by atoms with Gasteiger partial charge in [0.1, 0.15) is 0 Å². The molecule has 3 atom stereocenters. The summed E-state index contributed by atoms with van der Waals surface area (Å²) in [5.41, 5.74) is 0.661. The molecule has 8 heteroatoms.